The topological polar surface area (TPSA) is 159 Å². The number of hydrogen-bond donors (Lipinski definition) is 6. The summed E-state index contributed by atoms with van der Waals surface area (Å²) >= 11 is 11.7. The number of hydroxylamine groups is 1. The van der Waals surface area contributed by atoms with Gasteiger partial charge in [0.05, 0.1) is 22.8 Å². The molecule has 1 aromatic carbocycles. The lowest BCUT2D eigenvalue weighted by molar-refractivity contribution is 0.232. The third-order valence-corrected chi connectivity index (χ3v) is 4.53. The first-order valence-corrected chi connectivity index (χ1v) is 9.69. The van der Waals surface area contributed by atoms with Gasteiger partial charge in [-0.1, -0.05) is 48.5 Å². The summed E-state index contributed by atoms with van der Waals surface area (Å²) in [7, 11) is 0. The van der Waals surface area contributed by atoms with Crippen molar-refractivity contribution >= 4 is 41.3 Å². The monoisotopic (exact) mass is 430 g/mol. The lowest BCUT2D eigenvalue weighted by Crippen LogP contribution is -2.35. The van der Waals surface area contributed by atoms with Crippen molar-refractivity contribution in [2.45, 2.75) is 38.1 Å². The third kappa shape index (κ3) is 10.3. The maximum Gasteiger partial charge on any atom is 0.237 e. The van der Waals surface area contributed by atoms with Crippen LogP contribution in [0.25, 0.3) is 0 Å². The predicted molar refractivity (Wildman–Crippen MR) is 116 cm³/mol. The number of guanidine groups is 2. The zero-order valence-corrected chi connectivity index (χ0v) is 17.1. The second kappa shape index (κ2) is 14.0. The Kier molecular flexibility index (Phi) is 12.0. The molecule has 1 fully saturated rings. The Bertz CT molecular complexity index is 649. The van der Waals surface area contributed by atoms with E-state index in [4.69, 9.17) is 45.6 Å². The fourth-order valence-electron chi connectivity index (χ4n) is 2.45. The average molecular weight is 431 g/mol. The van der Waals surface area contributed by atoms with Gasteiger partial charge in [-0.25, -0.2) is 5.48 Å². The molecule has 0 spiro atoms. The molecule has 28 heavy (non-hydrogen) atoms. The van der Waals surface area contributed by atoms with Gasteiger partial charge in [0, 0.05) is 11.6 Å². The van der Waals surface area contributed by atoms with E-state index in [9.17, 15) is 0 Å². The highest BCUT2D eigenvalue weighted by Crippen LogP contribution is 2.22. The fraction of sp³-hybridized carbons (Fsp3) is 0.471. The Balaban J connectivity index is 0.000000283. The molecule has 1 heterocycles. The minimum absolute atomic E-state index is 0.198. The van der Waals surface area contributed by atoms with Crippen LogP contribution >= 0.6 is 23.2 Å². The van der Waals surface area contributed by atoms with Crippen LogP contribution in [0.4, 0.5) is 0 Å². The second-order valence-corrected chi connectivity index (χ2v) is 6.91. The maximum atomic E-state index is 8.31. The van der Waals surface area contributed by atoms with Crippen molar-refractivity contribution in [3.8, 4) is 0 Å². The molecular formula is C17H28Cl2N8O. The highest BCUT2D eigenvalue weighted by atomic mass is 35.5. The molecule has 2 rings (SSSR count). The molecule has 1 atom stereocenters. The quantitative estimate of drug-likeness (QED) is 0.242. The van der Waals surface area contributed by atoms with E-state index < -0.39 is 0 Å². The van der Waals surface area contributed by atoms with E-state index in [0.717, 1.165) is 13.1 Å². The highest BCUT2D eigenvalue weighted by Gasteiger charge is 2.09. The van der Waals surface area contributed by atoms with Gasteiger partial charge in [0.15, 0.2) is 5.96 Å². The summed E-state index contributed by atoms with van der Waals surface area (Å²) in [4.78, 5) is 4.03. The Hall–Kier alpha value is -2.07. The lowest BCUT2D eigenvalue weighted by atomic mass is 10.0. The van der Waals surface area contributed by atoms with Gasteiger partial charge in [-0.2, -0.15) is 5.10 Å². The van der Waals surface area contributed by atoms with E-state index in [1.165, 1.54) is 38.3 Å². The summed E-state index contributed by atoms with van der Waals surface area (Å²) < 4.78 is 0. The number of halogens is 2. The number of nitrogens with one attached hydrogen (secondary N) is 2. The fourth-order valence-corrected chi connectivity index (χ4v) is 2.95. The summed E-state index contributed by atoms with van der Waals surface area (Å²) in [5, 5.41) is 19.7. The van der Waals surface area contributed by atoms with Crippen LogP contribution in [-0.2, 0) is 0 Å². The predicted octanol–water partition coefficient (Wildman–Crippen LogP) is 1.80. The van der Waals surface area contributed by atoms with Crippen molar-refractivity contribution in [3.63, 3.8) is 0 Å². The van der Waals surface area contributed by atoms with Crippen LogP contribution < -0.4 is 28.0 Å². The molecule has 1 unspecified atom stereocenters. The van der Waals surface area contributed by atoms with Gasteiger partial charge in [-0.15, -0.1) is 5.10 Å². The molecule has 0 aliphatic carbocycles. The molecule has 0 aromatic heterocycles. The van der Waals surface area contributed by atoms with Crippen molar-refractivity contribution < 1.29 is 5.21 Å². The van der Waals surface area contributed by atoms with Crippen molar-refractivity contribution in [2.75, 3.05) is 13.1 Å². The Morgan fingerprint density at radius 1 is 1.18 bits per heavy atom. The molecule has 0 amide bonds. The van der Waals surface area contributed by atoms with Crippen molar-refractivity contribution in [1.29, 1.82) is 0 Å². The number of nitrogens with zero attached hydrogens (tertiary/aromatic N) is 3. The van der Waals surface area contributed by atoms with Gasteiger partial charge in [0.2, 0.25) is 5.96 Å². The van der Waals surface area contributed by atoms with Gasteiger partial charge in [0.1, 0.15) is 0 Å². The summed E-state index contributed by atoms with van der Waals surface area (Å²) in [5.41, 5.74) is 17.8. The summed E-state index contributed by atoms with van der Waals surface area (Å²) in [5.74, 6) is -0.0294. The zero-order chi connectivity index (χ0) is 20.8. The van der Waals surface area contributed by atoms with Crippen molar-refractivity contribution in [3.05, 3.63) is 33.8 Å². The minimum atomic E-state index is -0.227. The second-order valence-electron chi connectivity index (χ2n) is 6.10. The molecule has 0 saturated carbocycles. The number of nitrogens with two attached hydrogens (primary N) is 3. The average Bonchev–Trinajstić information content (AvgIpc) is 2.63. The molecule has 1 aliphatic heterocycles. The van der Waals surface area contributed by atoms with Crippen molar-refractivity contribution in [2.24, 2.45) is 32.4 Å². The standard InChI is InChI=1S/C9H20N4.C8H8Cl2N4O/c10-9(11)13-7-8-5-3-1-2-4-6-12-8;9-6-2-1-3-7(10)5(6)4-12-13-8(11)14-15/h8,12H,1-7H2,(H4,10,11,13);1-4,15H,(H3,11,13,14)/b;12-4+. The molecule has 1 aromatic rings. The molecule has 9 N–H and O–H groups in total. The minimum Gasteiger partial charge on any atom is -0.370 e. The van der Waals surface area contributed by atoms with E-state index in [0.29, 0.717) is 21.7 Å². The molecule has 156 valence electrons. The first-order valence-electron chi connectivity index (χ1n) is 8.93. The van der Waals surface area contributed by atoms with Crippen LogP contribution in [0.15, 0.2) is 33.4 Å². The Labute approximate surface area is 175 Å². The van der Waals surface area contributed by atoms with Gasteiger partial charge in [0.25, 0.3) is 0 Å². The van der Waals surface area contributed by atoms with Gasteiger partial charge >= 0.3 is 0 Å². The summed E-state index contributed by atoms with van der Waals surface area (Å²) in [6.07, 6.45) is 7.80. The number of benzene rings is 1. The van der Waals surface area contributed by atoms with Crippen LogP contribution in [0.3, 0.4) is 0 Å². The van der Waals surface area contributed by atoms with Gasteiger partial charge in [-0.05, 0) is 31.5 Å². The molecule has 0 bridgehead atoms. The van der Waals surface area contributed by atoms with Gasteiger partial charge in [-0.3, -0.25) is 10.2 Å². The lowest BCUT2D eigenvalue weighted by Gasteiger charge is -2.19. The summed E-state index contributed by atoms with van der Waals surface area (Å²) in [6, 6.07) is 5.54. The smallest absolute Gasteiger partial charge is 0.237 e. The van der Waals surface area contributed by atoms with Crippen LogP contribution in [0.1, 0.15) is 37.7 Å². The maximum absolute atomic E-state index is 8.31. The summed E-state index contributed by atoms with van der Waals surface area (Å²) in [6.45, 7) is 1.83. The van der Waals surface area contributed by atoms with Crippen LogP contribution in [0.5, 0.6) is 0 Å². The van der Waals surface area contributed by atoms with E-state index >= 15 is 0 Å². The number of hydrogen-bond acceptors (Lipinski definition) is 5. The van der Waals surface area contributed by atoms with E-state index in [1.807, 2.05) is 0 Å². The highest BCUT2D eigenvalue weighted by molar-refractivity contribution is 6.38. The molecule has 11 heteroatoms. The van der Waals surface area contributed by atoms with E-state index in [2.05, 4.69) is 20.5 Å². The molecular weight excluding hydrogens is 403 g/mol. The third-order valence-electron chi connectivity index (χ3n) is 3.87. The Morgan fingerprint density at radius 2 is 1.86 bits per heavy atom. The van der Waals surface area contributed by atoms with E-state index in [1.54, 1.807) is 23.7 Å². The molecule has 1 saturated heterocycles. The van der Waals surface area contributed by atoms with Gasteiger partial charge < -0.3 is 22.5 Å². The van der Waals surface area contributed by atoms with Crippen LogP contribution in [0.2, 0.25) is 10.0 Å². The number of rotatable bonds is 4. The first kappa shape index (κ1) is 24.0. The normalized spacial score (nSPS) is 17.8. The Morgan fingerprint density at radius 3 is 2.50 bits per heavy atom. The molecule has 9 nitrogen and oxygen atoms in total. The zero-order valence-electron chi connectivity index (χ0n) is 15.6. The van der Waals surface area contributed by atoms with Crippen LogP contribution in [-0.4, -0.2) is 42.5 Å². The molecule has 1 aliphatic rings. The SMILES string of the molecule is NC(=N/N=C/c1c(Cl)cccc1Cl)NO.NC(N)=NCC1CCCCCCN1. The number of aliphatic imine (C=N–C) groups is 1. The largest absolute Gasteiger partial charge is 0.370 e. The van der Waals surface area contributed by atoms with Crippen molar-refractivity contribution in [1.82, 2.24) is 10.8 Å². The first-order chi connectivity index (χ1) is 13.4. The van der Waals surface area contributed by atoms with E-state index in [-0.39, 0.29) is 11.9 Å². The van der Waals surface area contributed by atoms with Crippen LogP contribution in [0, 0.1) is 0 Å². The molecule has 0 radical (unpaired) electrons.